The van der Waals surface area contributed by atoms with E-state index in [4.69, 9.17) is 0 Å². The Kier molecular flexibility index (Phi) is 5.41. The van der Waals surface area contributed by atoms with Crippen molar-refractivity contribution in [3.05, 3.63) is 113 Å². The maximum absolute atomic E-state index is 12.9. The van der Waals surface area contributed by atoms with E-state index in [1.54, 1.807) is 36.4 Å². The second-order valence-electron chi connectivity index (χ2n) is 7.42. The molecule has 1 aromatic heterocycles. The number of phenolic OH excluding ortho intramolecular Hbond substituents is 1. The van der Waals surface area contributed by atoms with Gasteiger partial charge in [-0.2, -0.15) is 0 Å². The van der Waals surface area contributed by atoms with Gasteiger partial charge in [-0.05, 0) is 42.3 Å². The molecule has 3 aromatic carbocycles. The van der Waals surface area contributed by atoms with Gasteiger partial charge in [0.25, 0.3) is 0 Å². The number of carboxylic acid groups (broad SMARTS) is 1. The summed E-state index contributed by atoms with van der Waals surface area (Å²) in [5.74, 6) is -1.13. The van der Waals surface area contributed by atoms with Crippen LogP contribution in [0.15, 0.2) is 85.1 Å². The minimum atomic E-state index is -1.05. The van der Waals surface area contributed by atoms with Crippen molar-refractivity contribution in [2.45, 2.75) is 13.5 Å². The zero-order chi connectivity index (χ0) is 22.0. The van der Waals surface area contributed by atoms with Crippen LogP contribution in [0.5, 0.6) is 5.75 Å². The zero-order valence-corrected chi connectivity index (χ0v) is 16.9. The van der Waals surface area contributed by atoms with Crippen LogP contribution < -0.4 is 0 Å². The van der Waals surface area contributed by atoms with Crippen molar-refractivity contribution in [3.63, 3.8) is 0 Å². The molecular weight excluding hydrogens is 390 g/mol. The van der Waals surface area contributed by atoms with E-state index >= 15 is 0 Å². The number of hydrogen-bond donors (Lipinski definition) is 2. The fraction of sp³-hybridized carbons (Fsp3) is 0.0769. The molecule has 0 aliphatic heterocycles. The van der Waals surface area contributed by atoms with E-state index in [9.17, 15) is 19.8 Å². The normalized spacial score (nSPS) is 10.7. The van der Waals surface area contributed by atoms with E-state index in [0.717, 1.165) is 11.1 Å². The number of carbonyl (C=O) groups is 2. The summed E-state index contributed by atoms with van der Waals surface area (Å²) in [7, 11) is 0. The maximum atomic E-state index is 12.9. The first-order chi connectivity index (χ1) is 14.9. The van der Waals surface area contributed by atoms with Gasteiger partial charge >= 0.3 is 5.97 Å². The fourth-order valence-corrected chi connectivity index (χ4v) is 3.62. The van der Waals surface area contributed by atoms with Crippen LogP contribution in [0.2, 0.25) is 0 Å². The largest absolute Gasteiger partial charge is 0.507 e. The van der Waals surface area contributed by atoms with Gasteiger partial charge in [0.1, 0.15) is 5.75 Å². The molecule has 2 N–H and O–H groups in total. The number of hydrogen-bond acceptors (Lipinski definition) is 3. The van der Waals surface area contributed by atoms with Crippen LogP contribution in [0.4, 0.5) is 0 Å². The lowest BCUT2D eigenvalue weighted by atomic mass is 9.97. The smallest absolute Gasteiger partial charge is 0.336 e. The van der Waals surface area contributed by atoms with Crippen LogP contribution >= 0.6 is 0 Å². The van der Waals surface area contributed by atoms with E-state index in [1.165, 1.54) is 6.07 Å². The number of aromatic hydroxyl groups is 1. The molecule has 5 heteroatoms. The summed E-state index contributed by atoms with van der Waals surface area (Å²) in [5, 5.41) is 20.0. The second kappa shape index (κ2) is 8.32. The number of rotatable bonds is 6. The van der Waals surface area contributed by atoms with Gasteiger partial charge in [-0.1, -0.05) is 60.2 Å². The van der Waals surface area contributed by atoms with Crippen molar-refractivity contribution in [3.8, 4) is 16.9 Å². The molecule has 0 aliphatic carbocycles. The van der Waals surface area contributed by atoms with Gasteiger partial charge in [-0.25, -0.2) is 4.79 Å². The average molecular weight is 411 g/mol. The second-order valence-corrected chi connectivity index (χ2v) is 7.42. The molecule has 0 unspecified atom stereocenters. The van der Waals surface area contributed by atoms with Crippen LogP contribution in [-0.4, -0.2) is 26.5 Å². The standard InChI is InChI=1S/C26H21NO4/c1-17-8-11-19(12-9-17)25(29)23-7-4-14-27(23)16-18-10-13-21(24(28)15-18)20-5-2-3-6-22(20)26(30)31/h2-15,28H,16H2,1H3,(H,30,31). The minimum Gasteiger partial charge on any atom is -0.507 e. The lowest BCUT2D eigenvalue weighted by Crippen LogP contribution is -2.10. The Labute approximate surface area is 179 Å². The molecule has 0 amide bonds. The van der Waals surface area contributed by atoms with E-state index in [-0.39, 0.29) is 17.1 Å². The molecule has 4 rings (SSSR count). The quantitative estimate of drug-likeness (QED) is 0.430. The number of aromatic carboxylic acids is 1. The van der Waals surface area contributed by atoms with E-state index in [1.807, 2.05) is 54.1 Å². The molecule has 0 spiro atoms. The summed E-state index contributed by atoms with van der Waals surface area (Å²) in [6.07, 6.45) is 1.83. The van der Waals surface area contributed by atoms with Crippen LogP contribution in [0.3, 0.4) is 0 Å². The van der Waals surface area contributed by atoms with Gasteiger partial charge in [-0.15, -0.1) is 0 Å². The molecule has 0 saturated heterocycles. The van der Waals surface area contributed by atoms with E-state index in [2.05, 4.69) is 0 Å². The monoisotopic (exact) mass is 411 g/mol. The first-order valence-electron chi connectivity index (χ1n) is 9.85. The summed E-state index contributed by atoms with van der Waals surface area (Å²) in [6, 6.07) is 22.7. The highest BCUT2D eigenvalue weighted by Gasteiger charge is 2.16. The third kappa shape index (κ3) is 4.12. The molecule has 5 nitrogen and oxygen atoms in total. The first-order valence-corrected chi connectivity index (χ1v) is 9.85. The van der Waals surface area contributed by atoms with Crippen LogP contribution in [-0.2, 0) is 6.54 Å². The highest BCUT2D eigenvalue weighted by molar-refractivity contribution is 6.08. The lowest BCUT2D eigenvalue weighted by molar-refractivity contribution is 0.0697. The predicted octanol–water partition coefficient (Wildman–Crippen LogP) is 5.15. The third-order valence-electron chi connectivity index (χ3n) is 5.24. The highest BCUT2D eigenvalue weighted by Crippen LogP contribution is 2.32. The number of carbonyl (C=O) groups excluding carboxylic acids is 1. The number of benzene rings is 3. The van der Waals surface area contributed by atoms with Crippen molar-refractivity contribution >= 4 is 11.8 Å². The number of aryl methyl sites for hydroxylation is 1. The molecular formula is C26H21NO4. The van der Waals surface area contributed by atoms with Gasteiger partial charge in [0.2, 0.25) is 5.78 Å². The van der Waals surface area contributed by atoms with Crippen LogP contribution in [0, 0.1) is 6.92 Å². The molecule has 1 heterocycles. The molecule has 0 bridgehead atoms. The highest BCUT2D eigenvalue weighted by atomic mass is 16.4. The summed E-state index contributed by atoms with van der Waals surface area (Å²) >= 11 is 0. The first kappa shape index (κ1) is 20.2. The molecule has 0 radical (unpaired) electrons. The fourth-order valence-electron chi connectivity index (χ4n) is 3.62. The average Bonchev–Trinajstić information content (AvgIpc) is 3.22. The minimum absolute atomic E-state index is 0.00947. The number of nitrogens with zero attached hydrogens (tertiary/aromatic N) is 1. The van der Waals surface area contributed by atoms with Gasteiger partial charge in [0.05, 0.1) is 11.3 Å². The zero-order valence-electron chi connectivity index (χ0n) is 16.9. The molecule has 0 atom stereocenters. The molecule has 0 saturated carbocycles. The Morgan fingerprint density at radius 2 is 1.61 bits per heavy atom. The SMILES string of the molecule is Cc1ccc(C(=O)c2cccn2Cc2ccc(-c3ccccc3C(=O)O)c(O)c2)cc1. The Balaban J connectivity index is 1.62. The van der Waals surface area contributed by atoms with Gasteiger partial charge < -0.3 is 14.8 Å². The molecule has 4 aromatic rings. The van der Waals surface area contributed by atoms with Crippen molar-refractivity contribution in [2.24, 2.45) is 0 Å². The molecule has 0 aliphatic rings. The Morgan fingerprint density at radius 3 is 2.32 bits per heavy atom. The maximum Gasteiger partial charge on any atom is 0.336 e. The number of carboxylic acids is 1. The number of ketones is 1. The van der Waals surface area contributed by atoms with Gasteiger partial charge in [-0.3, -0.25) is 4.79 Å². The number of phenols is 1. The Bertz CT molecular complexity index is 1270. The molecule has 0 fully saturated rings. The van der Waals surface area contributed by atoms with Crippen LogP contribution in [0.1, 0.15) is 37.5 Å². The molecule has 31 heavy (non-hydrogen) atoms. The van der Waals surface area contributed by atoms with Crippen molar-refractivity contribution in [2.75, 3.05) is 0 Å². The molecule has 154 valence electrons. The van der Waals surface area contributed by atoms with Gasteiger partial charge in [0, 0.05) is 23.9 Å². The summed E-state index contributed by atoms with van der Waals surface area (Å²) in [6.45, 7) is 2.37. The summed E-state index contributed by atoms with van der Waals surface area (Å²) in [4.78, 5) is 24.4. The summed E-state index contributed by atoms with van der Waals surface area (Å²) in [5.41, 5.74) is 4.09. The lowest BCUT2D eigenvalue weighted by Gasteiger charge is -2.12. The Hall–Kier alpha value is -4.12. The number of aromatic nitrogens is 1. The van der Waals surface area contributed by atoms with E-state index < -0.39 is 5.97 Å². The predicted molar refractivity (Wildman–Crippen MR) is 119 cm³/mol. The third-order valence-corrected chi connectivity index (χ3v) is 5.24. The van der Waals surface area contributed by atoms with Gasteiger partial charge in [0.15, 0.2) is 0 Å². The topological polar surface area (TPSA) is 79.5 Å². The van der Waals surface area contributed by atoms with Crippen molar-refractivity contribution < 1.29 is 19.8 Å². The van der Waals surface area contributed by atoms with Crippen LogP contribution in [0.25, 0.3) is 11.1 Å². The summed E-state index contributed by atoms with van der Waals surface area (Å²) < 4.78 is 1.84. The van der Waals surface area contributed by atoms with Crippen molar-refractivity contribution in [1.29, 1.82) is 0 Å². The van der Waals surface area contributed by atoms with E-state index in [0.29, 0.717) is 28.9 Å². The van der Waals surface area contributed by atoms with Crippen molar-refractivity contribution in [1.82, 2.24) is 4.57 Å². The Morgan fingerprint density at radius 1 is 0.871 bits per heavy atom.